The lowest BCUT2D eigenvalue weighted by atomic mass is 10.2. The summed E-state index contributed by atoms with van der Waals surface area (Å²) in [5, 5.41) is 0. The molecule has 0 fully saturated rings. The van der Waals surface area contributed by atoms with Gasteiger partial charge in [0.1, 0.15) is 0 Å². The maximum atomic E-state index is 5.32. The first kappa shape index (κ1) is 19.4. The minimum Gasteiger partial charge on any atom is -0.493 e. The van der Waals surface area contributed by atoms with Gasteiger partial charge in [0.2, 0.25) is 5.75 Å². The number of hydrogen-bond acceptors (Lipinski definition) is 4. The van der Waals surface area contributed by atoms with Gasteiger partial charge in [0, 0.05) is 16.0 Å². The van der Waals surface area contributed by atoms with E-state index in [1.807, 2.05) is 36.6 Å². The second-order valence-electron chi connectivity index (χ2n) is 4.99. The van der Waals surface area contributed by atoms with Gasteiger partial charge in [0.15, 0.2) is 11.5 Å². The van der Waals surface area contributed by atoms with Crippen molar-refractivity contribution < 1.29 is 14.2 Å². The highest BCUT2D eigenvalue weighted by molar-refractivity contribution is 7.98. The minimum absolute atomic E-state index is 0.550. The molecular formula is C22H20O3S. The second-order valence-corrected chi connectivity index (χ2v) is 5.83. The van der Waals surface area contributed by atoms with Crippen LogP contribution in [0.3, 0.4) is 0 Å². The number of thioether (sulfide) groups is 1. The quantitative estimate of drug-likeness (QED) is 0.594. The molecule has 0 unspecified atom stereocenters. The van der Waals surface area contributed by atoms with Crippen LogP contribution in [0, 0.1) is 23.7 Å². The Bertz CT molecular complexity index is 883. The van der Waals surface area contributed by atoms with Crippen LogP contribution in [-0.4, -0.2) is 27.6 Å². The van der Waals surface area contributed by atoms with Crippen LogP contribution in [0.5, 0.6) is 17.2 Å². The average Bonchev–Trinajstić information content (AvgIpc) is 2.69. The van der Waals surface area contributed by atoms with Crippen molar-refractivity contribution in [2.24, 2.45) is 0 Å². The number of methoxy groups -OCH3 is 3. The van der Waals surface area contributed by atoms with Crippen LogP contribution in [0.1, 0.15) is 11.1 Å². The summed E-state index contributed by atoms with van der Waals surface area (Å²) in [6.07, 6.45) is 5.50. The van der Waals surface area contributed by atoms with Crippen LogP contribution >= 0.6 is 11.8 Å². The van der Waals surface area contributed by atoms with Crippen molar-refractivity contribution in [1.82, 2.24) is 0 Å². The van der Waals surface area contributed by atoms with Gasteiger partial charge in [0.25, 0.3) is 0 Å². The molecule has 0 aliphatic rings. The Kier molecular flexibility index (Phi) is 7.55. The van der Waals surface area contributed by atoms with Gasteiger partial charge in [-0.1, -0.05) is 35.8 Å². The lowest BCUT2D eigenvalue weighted by molar-refractivity contribution is 0.324. The van der Waals surface area contributed by atoms with Gasteiger partial charge in [-0.3, -0.25) is 0 Å². The molecule has 26 heavy (non-hydrogen) atoms. The Morgan fingerprint density at radius 3 is 2.04 bits per heavy atom. The molecule has 0 N–H and O–H groups in total. The third-order valence-electron chi connectivity index (χ3n) is 3.45. The molecule has 0 radical (unpaired) electrons. The van der Waals surface area contributed by atoms with E-state index in [0.29, 0.717) is 17.2 Å². The molecule has 2 rings (SSSR count). The van der Waals surface area contributed by atoms with E-state index in [0.717, 1.165) is 16.0 Å². The Morgan fingerprint density at radius 1 is 0.846 bits per heavy atom. The zero-order valence-electron chi connectivity index (χ0n) is 15.3. The Labute approximate surface area is 159 Å². The van der Waals surface area contributed by atoms with E-state index >= 15 is 0 Å². The van der Waals surface area contributed by atoms with Gasteiger partial charge < -0.3 is 14.2 Å². The summed E-state index contributed by atoms with van der Waals surface area (Å²) >= 11 is 1.68. The molecule has 0 aromatic heterocycles. The molecule has 0 bridgehead atoms. The number of benzene rings is 2. The molecule has 0 spiro atoms. The fourth-order valence-corrected chi connectivity index (χ4v) is 2.78. The third kappa shape index (κ3) is 5.02. The van der Waals surface area contributed by atoms with E-state index < -0.39 is 0 Å². The van der Waals surface area contributed by atoms with Crippen LogP contribution in [0.4, 0.5) is 0 Å². The highest BCUT2D eigenvalue weighted by Gasteiger charge is 2.11. The lowest BCUT2D eigenvalue weighted by Gasteiger charge is -2.12. The van der Waals surface area contributed by atoms with Crippen molar-refractivity contribution in [3.05, 3.63) is 59.7 Å². The van der Waals surface area contributed by atoms with Crippen molar-refractivity contribution in [3.63, 3.8) is 0 Å². The molecule has 0 heterocycles. The second kappa shape index (κ2) is 10.1. The SMILES string of the molecule is COc1cc(C#C/C=C\C#Cc2ccccc2SC)cc(OC)c1OC. The van der Waals surface area contributed by atoms with E-state index in [9.17, 15) is 0 Å². The first-order chi connectivity index (χ1) is 12.7. The fraction of sp³-hybridized carbons (Fsp3) is 0.182. The normalized spacial score (nSPS) is 9.69. The maximum absolute atomic E-state index is 5.32. The highest BCUT2D eigenvalue weighted by atomic mass is 32.2. The Morgan fingerprint density at radius 2 is 1.46 bits per heavy atom. The number of ether oxygens (including phenoxy) is 3. The molecule has 0 amide bonds. The van der Waals surface area contributed by atoms with Gasteiger partial charge >= 0.3 is 0 Å². The van der Waals surface area contributed by atoms with E-state index in [4.69, 9.17) is 14.2 Å². The monoisotopic (exact) mass is 364 g/mol. The van der Waals surface area contributed by atoms with Gasteiger partial charge in [-0.2, -0.15) is 0 Å². The number of rotatable bonds is 4. The summed E-state index contributed by atoms with van der Waals surface area (Å²) in [5.74, 6) is 13.9. The Balaban J connectivity index is 2.16. The van der Waals surface area contributed by atoms with Crippen molar-refractivity contribution in [3.8, 4) is 40.9 Å². The van der Waals surface area contributed by atoms with Gasteiger partial charge in [0.05, 0.1) is 21.3 Å². The summed E-state index contributed by atoms with van der Waals surface area (Å²) in [7, 11) is 4.73. The smallest absolute Gasteiger partial charge is 0.203 e. The zero-order chi connectivity index (χ0) is 18.8. The first-order valence-corrected chi connectivity index (χ1v) is 9.07. The average molecular weight is 364 g/mol. The topological polar surface area (TPSA) is 27.7 Å². The zero-order valence-corrected chi connectivity index (χ0v) is 16.1. The van der Waals surface area contributed by atoms with E-state index in [-0.39, 0.29) is 0 Å². The summed E-state index contributed by atoms with van der Waals surface area (Å²) in [5.41, 5.74) is 1.78. The van der Waals surface area contributed by atoms with Crippen molar-refractivity contribution in [2.75, 3.05) is 27.6 Å². The molecule has 3 nitrogen and oxygen atoms in total. The molecule has 4 heteroatoms. The van der Waals surface area contributed by atoms with Crippen molar-refractivity contribution in [1.29, 1.82) is 0 Å². The molecule has 0 saturated carbocycles. The largest absolute Gasteiger partial charge is 0.493 e. The summed E-state index contributed by atoms with van der Waals surface area (Å²) in [6, 6.07) is 11.7. The molecule has 0 saturated heterocycles. The van der Waals surface area contributed by atoms with Crippen LogP contribution < -0.4 is 14.2 Å². The molecule has 132 valence electrons. The minimum atomic E-state index is 0.550. The standard InChI is InChI=1S/C22H20O3S/c1-23-19-15-17(16-20(24-2)22(19)25-3)11-7-5-6-8-12-18-13-9-10-14-21(18)26-4/h5-6,9-10,13-16H,1-4H3/b6-5-. The number of allylic oxidation sites excluding steroid dienone is 2. The first-order valence-electron chi connectivity index (χ1n) is 7.84. The molecule has 0 aliphatic carbocycles. The van der Waals surface area contributed by atoms with Crippen LogP contribution in [-0.2, 0) is 0 Å². The van der Waals surface area contributed by atoms with E-state index in [1.54, 1.807) is 45.2 Å². The highest BCUT2D eigenvalue weighted by Crippen LogP contribution is 2.37. The summed E-state index contributed by atoms with van der Waals surface area (Å²) in [6.45, 7) is 0. The fourth-order valence-electron chi connectivity index (χ4n) is 2.23. The maximum Gasteiger partial charge on any atom is 0.203 e. The van der Waals surface area contributed by atoms with Crippen molar-refractivity contribution >= 4 is 11.8 Å². The third-order valence-corrected chi connectivity index (χ3v) is 4.24. The van der Waals surface area contributed by atoms with Gasteiger partial charge in [-0.25, -0.2) is 0 Å². The molecular weight excluding hydrogens is 344 g/mol. The predicted molar refractivity (Wildman–Crippen MR) is 107 cm³/mol. The molecule has 0 atom stereocenters. The van der Waals surface area contributed by atoms with E-state index in [1.165, 1.54) is 0 Å². The lowest BCUT2D eigenvalue weighted by Crippen LogP contribution is -1.95. The molecule has 2 aromatic rings. The van der Waals surface area contributed by atoms with Crippen LogP contribution in [0.25, 0.3) is 0 Å². The Hall–Kier alpha value is -2.95. The van der Waals surface area contributed by atoms with Crippen LogP contribution in [0.2, 0.25) is 0 Å². The number of hydrogen-bond donors (Lipinski definition) is 0. The summed E-state index contributed by atoms with van der Waals surface area (Å²) in [4.78, 5) is 1.16. The summed E-state index contributed by atoms with van der Waals surface area (Å²) < 4.78 is 15.9. The van der Waals surface area contributed by atoms with Crippen LogP contribution in [0.15, 0.2) is 53.4 Å². The molecule has 2 aromatic carbocycles. The van der Waals surface area contributed by atoms with Gasteiger partial charge in [-0.15, -0.1) is 11.8 Å². The molecule has 0 aliphatic heterocycles. The predicted octanol–water partition coefficient (Wildman–Crippen LogP) is 4.39. The van der Waals surface area contributed by atoms with Gasteiger partial charge in [-0.05, 0) is 42.7 Å². The van der Waals surface area contributed by atoms with E-state index in [2.05, 4.69) is 29.7 Å². The van der Waals surface area contributed by atoms with Crippen molar-refractivity contribution in [2.45, 2.75) is 4.90 Å².